The number of rotatable bonds is 3. The van der Waals surface area contributed by atoms with Crippen LogP contribution in [0.25, 0.3) is 22.2 Å². The number of nitrogens with zero attached hydrogens (tertiary/aromatic N) is 2. The molecule has 6 heteroatoms. The van der Waals surface area contributed by atoms with Gasteiger partial charge in [0.25, 0.3) is 4.84 Å². The molecule has 0 atom stereocenters. The molecule has 2 aromatic carbocycles. The summed E-state index contributed by atoms with van der Waals surface area (Å²) in [6.07, 6.45) is 4.24. The molecule has 1 N–H and O–H groups in total. The second kappa shape index (κ2) is 7.69. The molecule has 0 saturated carbocycles. The van der Waals surface area contributed by atoms with E-state index in [9.17, 15) is 0 Å². The summed E-state index contributed by atoms with van der Waals surface area (Å²) in [7, 11) is 0. The van der Waals surface area contributed by atoms with Crippen LogP contribution in [0.3, 0.4) is 0 Å². The molecule has 1 aliphatic rings. The van der Waals surface area contributed by atoms with Crippen LogP contribution in [-0.4, -0.2) is 9.97 Å². The maximum absolute atomic E-state index is 5.85. The van der Waals surface area contributed by atoms with E-state index in [1.165, 1.54) is 5.56 Å². The molecule has 0 bridgehead atoms. The van der Waals surface area contributed by atoms with E-state index >= 15 is 0 Å². The van der Waals surface area contributed by atoms with E-state index in [4.69, 9.17) is 21.6 Å². The lowest BCUT2D eigenvalue weighted by Crippen LogP contribution is -2.09. The number of halogens is 1. The highest BCUT2D eigenvalue weighted by Crippen LogP contribution is 2.42. The van der Waals surface area contributed by atoms with Crippen LogP contribution in [0.5, 0.6) is 0 Å². The van der Waals surface area contributed by atoms with E-state index in [-0.39, 0.29) is 4.84 Å². The highest BCUT2D eigenvalue weighted by atomic mass is 79.9. The highest BCUT2D eigenvalue weighted by molar-refractivity contribution is 9.10. The summed E-state index contributed by atoms with van der Waals surface area (Å²) in [5, 5.41) is 4.30. The number of anilines is 2. The third-order valence-corrected chi connectivity index (χ3v) is 6.11. The molecule has 2 aromatic heterocycles. The summed E-state index contributed by atoms with van der Waals surface area (Å²) in [6.45, 7) is 0. The molecule has 0 unspecified atom stereocenters. The van der Waals surface area contributed by atoms with Gasteiger partial charge in [-0.2, -0.15) is 4.98 Å². The van der Waals surface area contributed by atoms with Crippen LogP contribution in [0.1, 0.15) is 24.1 Å². The van der Waals surface area contributed by atoms with Crippen LogP contribution in [0.4, 0.5) is 11.5 Å². The Labute approximate surface area is 182 Å². The molecule has 4 aromatic rings. The molecule has 29 heavy (non-hydrogen) atoms. The summed E-state index contributed by atoms with van der Waals surface area (Å²) in [5.41, 5.74) is 6.10. The van der Waals surface area contributed by atoms with Gasteiger partial charge in [-0.1, -0.05) is 52.3 Å². The normalized spacial score (nSPS) is 13.3. The Hall–Kier alpha value is -2.57. The standard InChI is InChI=1S/C23H18BrN3OS/c24-17-12-6-4-10-15(17)19-16-11-5-7-13-18(16)26-22-20(19)21(27-23(29)28-22)25-14-8-2-1-3-9-14/h1-4,6,8-10,12H,5,7,11,13H2,(H,25,27,29). The lowest BCUT2D eigenvalue weighted by Gasteiger charge is -2.22. The van der Waals surface area contributed by atoms with Crippen molar-refractivity contribution in [1.29, 1.82) is 0 Å². The van der Waals surface area contributed by atoms with Crippen LogP contribution in [-0.2, 0) is 12.8 Å². The number of aromatic nitrogens is 2. The van der Waals surface area contributed by atoms with Gasteiger partial charge in [0.1, 0.15) is 5.82 Å². The molecule has 0 fully saturated rings. The topological polar surface area (TPSA) is 51.0 Å². The highest BCUT2D eigenvalue weighted by Gasteiger charge is 2.24. The molecule has 0 radical (unpaired) electrons. The zero-order valence-corrected chi connectivity index (χ0v) is 18.0. The molecule has 144 valence electrons. The van der Waals surface area contributed by atoms with Gasteiger partial charge in [-0.05, 0) is 67.2 Å². The van der Waals surface area contributed by atoms with Gasteiger partial charge in [0.05, 0.1) is 5.39 Å². The lowest BCUT2D eigenvalue weighted by molar-refractivity contribution is 0.545. The van der Waals surface area contributed by atoms with Gasteiger partial charge in [0.2, 0.25) is 5.71 Å². The number of hydrogen-bond acceptors (Lipinski definition) is 5. The maximum Gasteiger partial charge on any atom is 0.292 e. The maximum atomic E-state index is 5.85. The number of para-hydroxylation sites is 1. The summed E-state index contributed by atoms with van der Waals surface area (Å²) in [6, 6.07) is 18.2. The van der Waals surface area contributed by atoms with Gasteiger partial charge in [-0.15, -0.1) is 0 Å². The first-order chi connectivity index (χ1) is 14.2. The van der Waals surface area contributed by atoms with Crippen molar-refractivity contribution in [1.82, 2.24) is 9.97 Å². The van der Waals surface area contributed by atoms with Crippen molar-refractivity contribution >= 4 is 50.8 Å². The molecular weight excluding hydrogens is 446 g/mol. The van der Waals surface area contributed by atoms with Gasteiger partial charge in [0.15, 0.2) is 0 Å². The minimum atomic E-state index is 0.178. The van der Waals surface area contributed by atoms with Crippen LogP contribution in [0, 0.1) is 4.84 Å². The summed E-state index contributed by atoms with van der Waals surface area (Å²) in [5.74, 6) is 0.675. The Kier molecular flexibility index (Phi) is 4.89. The average molecular weight is 464 g/mol. The second-order valence-corrected chi connectivity index (χ2v) is 8.30. The first-order valence-corrected chi connectivity index (χ1v) is 10.8. The number of aryl methyl sites for hydroxylation is 1. The number of benzene rings is 2. The fraction of sp³-hybridized carbons (Fsp3) is 0.174. The number of hydrogen-bond donors (Lipinski definition) is 1. The average Bonchev–Trinajstić information content (AvgIpc) is 2.73. The lowest BCUT2D eigenvalue weighted by atomic mass is 9.87. The Balaban J connectivity index is 1.87. The first-order valence-electron chi connectivity index (χ1n) is 9.64. The van der Waals surface area contributed by atoms with Crippen molar-refractivity contribution in [3.8, 4) is 11.1 Å². The summed E-state index contributed by atoms with van der Waals surface area (Å²) >= 11 is 9.06. The largest absolute Gasteiger partial charge is 0.410 e. The Morgan fingerprint density at radius 2 is 1.69 bits per heavy atom. The SMILES string of the molecule is S=c1nc(Nc2ccccc2)c2c(-c3ccccc3Br)c3c(nc2o1)CCCC3. The molecular formula is C23H18BrN3OS. The Bertz CT molecular complexity index is 1270. The van der Waals surface area contributed by atoms with Gasteiger partial charge in [-0.3, -0.25) is 0 Å². The fourth-order valence-corrected chi connectivity index (χ4v) is 4.63. The van der Waals surface area contributed by atoms with Crippen LogP contribution in [0.2, 0.25) is 0 Å². The zero-order valence-electron chi connectivity index (χ0n) is 15.6. The molecule has 2 heterocycles. The third kappa shape index (κ3) is 3.47. The Morgan fingerprint density at radius 3 is 2.52 bits per heavy atom. The molecule has 4 nitrogen and oxygen atoms in total. The van der Waals surface area contributed by atoms with E-state index < -0.39 is 0 Å². The molecule has 5 rings (SSSR count). The van der Waals surface area contributed by atoms with Crippen LogP contribution < -0.4 is 5.32 Å². The van der Waals surface area contributed by atoms with E-state index in [1.807, 2.05) is 36.4 Å². The van der Waals surface area contributed by atoms with Crippen molar-refractivity contribution in [2.24, 2.45) is 0 Å². The molecule has 0 spiro atoms. The van der Waals surface area contributed by atoms with Gasteiger partial charge < -0.3 is 9.73 Å². The fourth-order valence-electron chi connectivity index (χ4n) is 3.97. The Morgan fingerprint density at radius 1 is 0.931 bits per heavy atom. The van der Waals surface area contributed by atoms with Crippen molar-refractivity contribution in [2.45, 2.75) is 25.7 Å². The van der Waals surface area contributed by atoms with Crippen LogP contribution >= 0.6 is 28.1 Å². The number of nitrogens with one attached hydrogen (secondary N) is 1. The van der Waals surface area contributed by atoms with Gasteiger partial charge in [-0.25, -0.2) is 4.98 Å². The molecule has 0 amide bonds. The monoisotopic (exact) mass is 463 g/mol. The van der Waals surface area contributed by atoms with Crippen molar-refractivity contribution in [3.05, 3.63) is 75.2 Å². The van der Waals surface area contributed by atoms with Gasteiger partial charge in [0, 0.05) is 21.4 Å². The second-order valence-electron chi connectivity index (χ2n) is 7.10. The first kappa shape index (κ1) is 18.5. The van der Waals surface area contributed by atoms with Crippen molar-refractivity contribution in [2.75, 3.05) is 5.32 Å². The quantitative estimate of drug-likeness (QED) is 0.331. The summed E-state index contributed by atoms with van der Waals surface area (Å²) < 4.78 is 6.88. The van der Waals surface area contributed by atoms with E-state index in [0.717, 1.165) is 58.1 Å². The minimum absolute atomic E-state index is 0.178. The van der Waals surface area contributed by atoms with Crippen molar-refractivity contribution in [3.63, 3.8) is 0 Å². The number of fused-ring (bicyclic) bond motifs is 2. The molecule has 0 saturated heterocycles. The minimum Gasteiger partial charge on any atom is -0.410 e. The predicted octanol–water partition coefficient (Wildman–Crippen LogP) is 7.00. The van der Waals surface area contributed by atoms with Crippen LogP contribution in [0.15, 0.2) is 63.5 Å². The predicted molar refractivity (Wildman–Crippen MR) is 122 cm³/mol. The third-order valence-electron chi connectivity index (χ3n) is 5.24. The van der Waals surface area contributed by atoms with E-state index in [2.05, 4.69) is 44.4 Å². The zero-order chi connectivity index (χ0) is 19.8. The van der Waals surface area contributed by atoms with Gasteiger partial charge >= 0.3 is 0 Å². The molecule has 0 aliphatic heterocycles. The van der Waals surface area contributed by atoms with E-state index in [1.54, 1.807) is 0 Å². The smallest absolute Gasteiger partial charge is 0.292 e. The van der Waals surface area contributed by atoms with Crippen molar-refractivity contribution < 1.29 is 4.42 Å². The summed E-state index contributed by atoms with van der Waals surface area (Å²) in [4.78, 5) is 9.59. The van der Waals surface area contributed by atoms with E-state index in [0.29, 0.717) is 11.5 Å². The molecule has 1 aliphatic carbocycles. The number of pyridine rings is 1.